The highest BCUT2D eigenvalue weighted by Crippen LogP contribution is 2.54. The minimum absolute atomic E-state index is 0.0158. The minimum atomic E-state index is -4.77. The fourth-order valence-corrected chi connectivity index (χ4v) is 17.3. The summed E-state index contributed by atoms with van der Waals surface area (Å²) in [6, 6.07) is 65.2. The monoisotopic (exact) mass is 1730 g/mol. The number of amides is 2. The molecule has 20 heteroatoms. The average Bonchev–Trinajstić information content (AvgIpc) is 0.776. The van der Waals surface area contributed by atoms with Gasteiger partial charge in [0.05, 0.1) is 85.0 Å². The van der Waals surface area contributed by atoms with Gasteiger partial charge in [-0.1, -0.05) is 400 Å². The summed E-state index contributed by atoms with van der Waals surface area (Å²) in [5.41, 5.74) is 5.77. The van der Waals surface area contributed by atoms with Crippen molar-refractivity contribution in [2.75, 3.05) is 19.8 Å². The van der Waals surface area contributed by atoms with Gasteiger partial charge in [-0.15, -0.1) is 6.58 Å². The lowest BCUT2D eigenvalue weighted by molar-refractivity contribution is -0.314. The second kappa shape index (κ2) is 61.0. The van der Waals surface area contributed by atoms with Crippen molar-refractivity contribution in [1.29, 1.82) is 0 Å². The molecule has 19 nitrogen and oxygen atoms in total. The molecule has 2 aliphatic heterocycles. The van der Waals surface area contributed by atoms with Gasteiger partial charge in [0.15, 0.2) is 12.6 Å². The Balaban J connectivity index is 1.10. The van der Waals surface area contributed by atoms with E-state index in [0.717, 1.165) is 98.4 Å². The molecule has 2 amide bonds. The maximum Gasteiger partial charge on any atom is 0.475 e. The van der Waals surface area contributed by atoms with Crippen molar-refractivity contribution >= 4 is 25.6 Å². The maximum atomic E-state index is 16.2. The van der Waals surface area contributed by atoms with Crippen LogP contribution in [0.1, 0.15) is 265 Å². The van der Waals surface area contributed by atoms with Gasteiger partial charge >= 0.3 is 13.8 Å². The lowest BCUT2D eigenvalue weighted by Gasteiger charge is -2.48. The summed E-state index contributed by atoms with van der Waals surface area (Å²) >= 11 is 0. The topological polar surface area (TPSA) is 212 Å². The Labute approximate surface area is 741 Å². The van der Waals surface area contributed by atoms with E-state index in [-0.39, 0.29) is 90.6 Å². The number of unbranched alkanes of at least 4 members (excludes halogenated alkanes) is 24. The predicted molar refractivity (Wildman–Crippen MR) is 489 cm³/mol. The Kier molecular flexibility index (Phi) is 49.3. The SMILES string of the molecule is C=CCO[C@H]1O[C@H](CO[C@@H]2O[C@H](COCc3ccccc3)[C@@H](OP(=O)(OCc3ccccc3)OCc3ccccc3)[C@H](OCc3ccccc3)[C@H]2NC(=O)C[C@@H](CCCCCCCCCCC)OC(=O)CCCCCCCCCCC)[C@@H](OCc2ccccc2)[C@H](OCc2ccccc2)[C@H]1NC(=O)C[C@@H](CCCCCCCCCCC)OCc1ccccc1. The van der Waals surface area contributed by atoms with Crippen molar-refractivity contribution in [3.05, 3.63) is 264 Å². The van der Waals surface area contributed by atoms with E-state index in [1.165, 1.54) is 96.3 Å². The smallest absolute Gasteiger partial charge is 0.462 e. The lowest BCUT2D eigenvalue weighted by atomic mass is 9.94. The zero-order valence-electron chi connectivity index (χ0n) is 74.5. The van der Waals surface area contributed by atoms with Gasteiger partial charge < -0.3 is 58.0 Å². The van der Waals surface area contributed by atoms with Crippen molar-refractivity contribution in [3.63, 3.8) is 0 Å². The van der Waals surface area contributed by atoms with Crippen LogP contribution in [0.5, 0.6) is 0 Å². The summed E-state index contributed by atoms with van der Waals surface area (Å²) in [7, 11) is -4.77. The minimum Gasteiger partial charge on any atom is -0.462 e. The van der Waals surface area contributed by atoms with Gasteiger partial charge in [-0.05, 0) is 64.6 Å². The quantitative estimate of drug-likeness (QED) is 0.0157. The predicted octanol–water partition coefficient (Wildman–Crippen LogP) is 23.6. The van der Waals surface area contributed by atoms with Gasteiger partial charge in [-0.3, -0.25) is 28.0 Å². The van der Waals surface area contributed by atoms with Crippen molar-refractivity contribution in [1.82, 2.24) is 10.6 Å². The van der Waals surface area contributed by atoms with E-state index >= 15 is 14.2 Å². The standard InChI is InChI=1S/C104H145N2O17P/c1-5-9-12-15-18-21-24-27-51-68-90(113-75-84-56-39-31-40-57-84)72-94(107)105-97-101(115-77-86-60-43-33-44-61-86)99(114-76-85-58-41-32-42-59-85)93(122-103(97)112-71-8-4)82-117-104-98(106-95(108)73-91(69-52-28-25-22-19-16-13-10-6-2)120-96(109)70-53-29-26-23-20-17-14-11-7-3)102(116-78-87-62-45-34-46-63-87)100(92(121-104)81-111-74-83-54-37-30-38-55-83)123-124(110,118-79-88-64-47-35-48-65-88)119-80-89-66-49-36-50-67-89/h8,30-50,54-67,90-93,97-104H,4-7,9-29,51-53,68-82H2,1-3H3,(H,105,107)(H,106,108)/t90-,91-,92-,93-,97-,98-,99-,100-,101-,102-,103+,104-/m1/s1. The number of hydrogen-bond acceptors (Lipinski definition) is 17. The Morgan fingerprint density at radius 2 is 0.702 bits per heavy atom. The number of nitrogens with one attached hydrogen (secondary N) is 2. The van der Waals surface area contributed by atoms with Crippen LogP contribution in [0.15, 0.2) is 225 Å². The molecule has 12 atom stereocenters. The van der Waals surface area contributed by atoms with Crippen LogP contribution in [0.25, 0.3) is 0 Å². The van der Waals surface area contributed by atoms with Crippen molar-refractivity contribution in [2.45, 2.75) is 346 Å². The van der Waals surface area contributed by atoms with E-state index in [0.29, 0.717) is 37.0 Å². The molecule has 2 fully saturated rings. The summed E-state index contributed by atoms with van der Waals surface area (Å²) in [5.74, 6) is -1.15. The van der Waals surface area contributed by atoms with Crippen LogP contribution in [0.2, 0.25) is 0 Å². The first-order valence-corrected chi connectivity index (χ1v) is 48.3. The molecule has 0 unspecified atom stereocenters. The van der Waals surface area contributed by atoms with Gasteiger partial charge in [-0.25, -0.2) is 4.57 Å². The fourth-order valence-electron chi connectivity index (χ4n) is 15.9. The number of esters is 1. The van der Waals surface area contributed by atoms with Crippen LogP contribution in [0.4, 0.5) is 0 Å². The molecule has 2 heterocycles. The highest BCUT2D eigenvalue weighted by atomic mass is 31.2. The second-order valence-electron chi connectivity index (χ2n) is 33.3. The second-order valence-corrected chi connectivity index (χ2v) is 34.9. The molecule has 0 bridgehead atoms. The van der Waals surface area contributed by atoms with Crippen LogP contribution in [-0.4, -0.2) is 111 Å². The van der Waals surface area contributed by atoms with Crippen molar-refractivity contribution in [2.24, 2.45) is 0 Å². The molecule has 7 aromatic rings. The van der Waals surface area contributed by atoms with Gasteiger partial charge in [0, 0.05) is 6.42 Å². The summed E-state index contributed by atoms with van der Waals surface area (Å²) in [6.07, 6.45) is 21.8. The zero-order valence-corrected chi connectivity index (χ0v) is 75.4. The molecule has 0 aliphatic carbocycles. The van der Waals surface area contributed by atoms with E-state index in [1.807, 2.05) is 212 Å². The summed E-state index contributed by atoms with van der Waals surface area (Å²) < 4.78 is 106. The van der Waals surface area contributed by atoms with Gasteiger partial charge in [0.1, 0.15) is 54.8 Å². The third kappa shape index (κ3) is 39.4. The van der Waals surface area contributed by atoms with Crippen LogP contribution in [-0.2, 0) is 126 Å². The van der Waals surface area contributed by atoms with E-state index < -0.39 is 87.2 Å². The average molecular weight is 1730 g/mol. The Hall–Kier alpha value is -7.56. The fraction of sp³-hybridized carbons (Fsp3) is 0.548. The molecule has 0 aromatic heterocycles. The third-order valence-corrected chi connectivity index (χ3v) is 24.3. The molecule has 124 heavy (non-hydrogen) atoms. The van der Waals surface area contributed by atoms with Crippen molar-refractivity contribution in [3.8, 4) is 0 Å². The van der Waals surface area contributed by atoms with Crippen LogP contribution in [0, 0.1) is 0 Å². The number of phosphoric acid groups is 1. The molecule has 2 saturated heterocycles. The molecule has 9 rings (SSSR count). The summed E-state index contributed by atoms with van der Waals surface area (Å²) in [6.45, 7) is 10.5. The molecular weight excluding hydrogens is 1580 g/mol. The number of carbonyl (C=O) groups excluding carboxylic acids is 3. The molecule has 2 N–H and O–H groups in total. The molecule has 678 valence electrons. The van der Waals surface area contributed by atoms with Crippen LogP contribution >= 0.6 is 7.82 Å². The first-order chi connectivity index (χ1) is 61.0. The van der Waals surface area contributed by atoms with E-state index in [4.69, 9.17) is 60.9 Å². The Morgan fingerprint density at radius 3 is 1.11 bits per heavy atom. The molecule has 0 saturated carbocycles. The highest BCUT2D eigenvalue weighted by molar-refractivity contribution is 7.48. The van der Waals surface area contributed by atoms with Gasteiger partial charge in [-0.2, -0.15) is 0 Å². The largest absolute Gasteiger partial charge is 0.475 e. The molecule has 7 aromatic carbocycles. The van der Waals surface area contributed by atoms with Crippen molar-refractivity contribution < 1.29 is 79.9 Å². The lowest BCUT2D eigenvalue weighted by Crippen LogP contribution is -2.68. The van der Waals surface area contributed by atoms with Crippen LogP contribution in [0.3, 0.4) is 0 Å². The number of benzene rings is 7. The zero-order chi connectivity index (χ0) is 87.0. The number of phosphoric ester groups is 1. The first kappa shape index (κ1) is 100. The molecule has 2 aliphatic rings. The third-order valence-electron chi connectivity index (χ3n) is 22.9. The van der Waals surface area contributed by atoms with Gasteiger partial charge in [0.2, 0.25) is 11.8 Å². The Bertz CT molecular complexity index is 3910. The van der Waals surface area contributed by atoms with E-state index in [2.05, 4.69) is 38.0 Å². The molecule has 0 spiro atoms. The maximum absolute atomic E-state index is 16.2. The Morgan fingerprint density at radius 1 is 0.371 bits per heavy atom. The molecular formula is C104H145N2O17P. The van der Waals surface area contributed by atoms with Gasteiger partial charge in [0.25, 0.3) is 0 Å². The summed E-state index contributed by atoms with van der Waals surface area (Å²) in [5, 5.41) is 6.73. The number of carbonyl (C=O) groups is 3. The number of ether oxygens (including phenoxy) is 10. The summed E-state index contributed by atoms with van der Waals surface area (Å²) in [4.78, 5) is 45.4. The first-order valence-electron chi connectivity index (χ1n) is 46.8. The van der Waals surface area contributed by atoms with E-state index in [9.17, 15) is 4.79 Å². The van der Waals surface area contributed by atoms with Crippen LogP contribution < -0.4 is 10.6 Å². The number of hydrogen-bond donors (Lipinski definition) is 2. The normalized spacial score (nSPS) is 19.5. The van der Waals surface area contributed by atoms with E-state index in [1.54, 1.807) is 6.08 Å². The molecule has 0 radical (unpaired) electrons. The number of rotatable bonds is 67. The highest BCUT2D eigenvalue weighted by Gasteiger charge is 2.54.